The lowest BCUT2D eigenvalue weighted by molar-refractivity contribution is -0.171. The number of aromatic nitrogens is 1. The second-order valence-electron chi connectivity index (χ2n) is 6.52. The Morgan fingerprint density at radius 2 is 1.81 bits per heavy atom. The maximum atomic E-state index is 12.6. The van der Waals surface area contributed by atoms with Crippen LogP contribution in [-0.4, -0.2) is 51.2 Å². The van der Waals surface area contributed by atoms with Gasteiger partial charge in [0, 0.05) is 24.8 Å². The van der Waals surface area contributed by atoms with Gasteiger partial charge >= 0.3 is 5.97 Å². The lowest BCUT2D eigenvalue weighted by Gasteiger charge is -2.47. The summed E-state index contributed by atoms with van der Waals surface area (Å²) in [6.45, 7) is 8.65. The Bertz CT molecular complexity index is 565. The summed E-state index contributed by atoms with van der Waals surface area (Å²) in [4.78, 5) is 29.0. The molecule has 0 unspecified atom stereocenters. The van der Waals surface area contributed by atoms with Crippen molar-refractivity contribution in [1.29, 1.82) is 0 Å². The molecule has 2 heterocycles. The number of amides is 1. The van der Waals surface area contributed by atoms with Crippen LogP contribution in [0, 0.1) is 0 Å². The molecule has 1 N–H and O–H groups in total. The van der Waals surface area contributed by atoms with Gasteiger partial charge in [-0.1, -0.05) is 0 Å². The molecule has 0 spiro atoms. The molecule has 21 heavy (non-hydrogen) atoms. The third kappa shape index (κ3) is 3.58. The number of pyridine rings is 1. The molecule has 2 rings (SSSR count). The number of morpholine rings is 1. The Morgan fingerprint density at radius 3 is 2.33 bits per heavy atom. The van der Waals surface area contributed by atoms with Crippen LogP contribution in [0.4, 0.5) is 0 Å². The Kier molecular flexibility index (Phi) is 3.76. The van der Waals surface area contributed by atoms with Gasteiger partial charge in [0.15, 0.2) is 0 Å². The summed E-state index contributed by atoms with van der Waals surface area (Å²) < 4.78 is 5.94. The minimum atomic E-state index is -1.15. The Balaban J connectivity index is 2.27. The number of rotatable bonds is 2. The van der Waals surface area contributed by atoms with Gasteiger partial charge in [0.1, 0.15) is 5.69 Å². The molecular weight excluding hydrogens is 272 g/mol. The molecule has 6 nitrogen and oxygen atoms in total. The largest absolute Gasteiger partial charge is 0.477 e. The van der Waals surface area contributed by atoms with E-state index in [2.05, 4.69) is 4.98 Å². The summed E-state index contributed by atoms with van der Waals surface area (Å²) in [7, 11) is 0. The van der Waals surface area contributed by atoms with E-state index in [9.17, 15) is 9.59 Å². The van der Waals surface area contributed by atoms with Crippen molar-refractivity contribution in [2.24, 2.45) is 0 Å². The highest BCUT2D eigenvalue weighted by molar-refractivity contribution is 5.96. The van der Waals surface area contributed by atoms with Crippen molar-refractivity contribution in [1.82, 2.24) is 9.88 Å². The Morgan fingerprint density at radius 1 is 1.24 bits per heavy atom. The van der Waals surface area contributed by atoms with Crippen LogP contribution in [0.1, 0.15) is 48.5 Å². The predicted octanol–water partition coefficient (Wildman–Crippen LogP) is 1.81. The molecule has 0 aliphatic carbocycles. The minimum absolute atomic E-state index is 0.132. The van der Waals surface area contributed by atoms with Crippen molar-refractivity contribution in [3.05, 3.63) is 29.6 Å². The van der Waals surface area contributed by atoms with E-state index in [0.717, 1.165) is 0 Å². The molecule has 0 aromatic carbocycles. The maximum Gasteiger partial charge on any atom is 0.354 e. The quantitative estimate of drug-likeness (QED) is 0.899. The molecule has 6 heteroatoms. The van der Waals surface area contributed by atoms with E-state index < -0.39 is 17.2 Å². The van der Waals surface area contributed by atoms with Gasteiger partial charge in [-0.15, -0.1) is 0 Å². The molecule has 1 fully saturated rings. The summed E-state index contributed by atoms with van der Waals surface area (Å²) >= 11 is 0. The summed E-state index contributed by atoms with van der Waals surface area (Å²) in [6.07, 6.45) is 1.34. The third-order valence-electron chi connectivity index (χ3n) is 3.21. The first-order valence-corrected chi connectivity index (χ1v) is 6.78. The first-order chi connectivity index (χ1) is 9.60. The summed E-state index contributed by atoms with van der Waals surface area (Å²) in [5.41, 5.74) is -0.691. The van der Waals surface area contributed by atoms with E-state index in [1.165, 1.54) is 18.3 Å². The topological polar surface area (TPSA) is 79.7 Å². The van der Waals surface area contributed by atoms with Crippen molar-refractivity contribution in [3.63, 3.8) is 0 Å². The number of hydrogen-bond acceptors (Lipinski definition) is 4. The Labute approximate surface area is 123 Å². The zero-order chi connectivity index (χ0) is 15.8. The van der Waals surface area contributed by atoms with Crippen LogP contribution < -0.4 is 0 Å². The first-order valence-electron chi connectivity index (χ1n) is 6.78. The maximum absolute atomic E-state index is 12.6. The summed E-state index contributed by atoms with van der Waals surface area (Å²) in [5.74, 6) is -1.35. The first kappa shape index (κ1) is 15.4. The van der Waals surface area contributed by atoms with E-state index in [0.29, 0.717) is 18.7 Å². The van der Waals surface area contributed by atoms with Crippen LogP contribution >= 0.6 is 0 Å². The highest BCUT2D eigenvalue weighted by Crippen LogP contribution is 2.28. The standard InChI is InChI=1S/C15H20N2O4/c1-14(2)8-17(9-15(3,4)21-14)12(18)10-5-6-16-11(7-10)13(19)20/h5-7H,8-9H2,1-4H3,(H,19,20). The van der Waals surface area contributed by atoms with E-state index >= 15 is 0 Å². The van der Waals surface area contributed by atoms with Crippen LogP contribution in [-0.2, 0) is 4.74 Å². The smallest absolute Gasteiger partial charge is 0.354 e. The lowest BCUT2D eigenvalue weighted by Crippen LogP contribution is -2.58. The summed E-state index contributed by atoms with van der Waals surface area (Å²) in [5, 5.41) is 8.96. The van der Waals surface area contributed by atoms with E-state index in [4.69, 9.17) is 9.84 Å². The van der Waals surface area contributed by atoms with Crippen molar-refractivity contribution in [2.75, 3.05) is 13.1 Å². The van der Waals surface area contributed by atoms with Crippen LogP contribution in [0.2, 0.25) is 0 Å². The molecule has 0 bridgehead atoms. The number of carboxylic acids is 1. The molecule has 1 saturated heterocycles. The fourth-order valence-corrected chi connectivity index (χ4v) is 2.79. The van der Waals surface area contributed by atoms with Crippen LogP contribution in [0.5, 0.6) is 0 Å². The molecule has 1 amide bonds. The second kappa shape index (κ2) is 5.11. The van der Waals surface area contributed by atoms with Crippen LogP contribution in [0.3, 0.4) is 0 Å². The third-order valence-corrected chi connectivity index (χ3v) is 3.21. The van der Waals surface area contributed by atoms with Gasteiger partial charge in [-0.05, 0) is 39.8 Å². The van der Waals surface area contributed by atoms with Gasteiger partial charge in [0.2, 0.25) is 0 Å². The number of nitrogens with zero attached hydrogens (tertiary/aromatic N) is 2. The van der Waals surface area contributed by atoms with Crippen LogP contribution in [0.15, 0.2) is 18.3 Å². The fourth-order valence-electron chi connectivity index (χ4n) is 2.79. The van der Waals surface area contributed by atoms with E-state index in [1.54, 1.807) is 4.90 Å². The van der Waals surface area contributed by atoms with Gasteiger partial charge in [-0.3, -0.25) is 4.79 Å². The lowest BCUT2D eigenvalue weighted by atomic mass is 9.98. The van der Waals surface area contributed by atoms with Gasteiger partial charge in [-0.25, -0.2) is 9.78 Å². The highest BCUT2D eigenvalue weighted by atomic mass is 16.5. The molecule has 1 aromatic heterocycles. The molecule has 0 atom stereocenters. The average Bonchev–Trinajstić information content (AvgIpc) is 2.34. The average molecular weight is 292 g/mol. The molecule has 1 aliphatic heterocycles. The van der Waals surface area contributed by atoms with Crippen molar-refractivity contribution >= 4 is 11.9 Å². The SMILES string of the molecule is CC1(C)CN(C(=O)c2ccnc(C(=O)O)c2)CC(C)(C)O1. The van der Waals surface area contributed by atoms with Crippen molar-refractivity contribution in [3.8, 4) is 0 Å². The normalized spacial score (nSPS) is 20.1. The summed E-state index contributed by atoms with van der Waals surface area (Å²) in [6, 6.07) is 2.84. The molecule has 0 radical (unpaired) electrons. The Hall–Kier alpha value is -1.95. The fraction of sp³-hybridized carbons (Fsp3) is 0.533. The number of ether oxygens (including phenoxy) is 1. The number of carbonyl (C=O) groups is 2. The zero-order valence-corrected chi connectivity index (χ0v) is 12.7. The van der Waals surface area contributed by atoms with Gasteiger partial charge in [0.25, 0.3) is 5.91 Å². The molecule has 1 aromatic rings. The second-order valence-corrected chi connectivity index (χ2v) is 6.52. The molecular formula is C15H20N2O4. The minimum Gasteiger partial charge on any atom is -0.477 e. The number of carboxylic acid groups (broad SMARTS) is 1. The van der Waals surface area contributed by atoms with Crippen molar-refractivity contribution in [2.45, 2.75) is 38.9 Å². The highest BCUT2D eigenvalue weighted by Gasteiger charge is 2.40. The van der Waals surface area contributed by atoms with Gasteiger partial charge in [-0.2, -0.15) is 0 Å². The number of aromatic carboxylic acids is 1. The van der Waals surface area contributed by atoms with E-state index in [-0.39, 0.29) is 11.6 Å². The number of hydrogen-bond donors (Lipinski definition) is 1. The molecule has 1 aliphatic rings. The number of carbonyl (C=O) groups excluding carboxylic acids is 1. The molecule has 114 valence electrons. The molecule has 0 saturated carbocycles. The predicted molar refractivity (Wildman–Crippen MR) is 76.3 cm³/mol. The monoisotopic (exact) mass is 292 g/mol. The van der Waals surface area contributed by atoms with Gasteiger partial charge < -0.3 is 14.7 Å². The zero-order valence-electron chi connectivity index (χ0n) is 12.7. The van der Waals surface area contributed by atoms with Crippen LogP contribution in [0.25, 0.3) is 0 Å². The van der Waals surface area contributed by atoms with E-state index in [1.807, 2.05) is 27.7 Å². The van der Waals surface area contributed by atoms with Gasteiger partial charge in [0.05, 0.1) is 11.2 Å². The van der Waals surface area contributed by atoms with Crippen molar-refractivity contribution < 1.29 is 19.4 Å².